The van der Waals surface area contributed by atoms with E-state index in [1.165, 1.54) is 18.1 Å². The number of hydrogen-bond acceptors (Lipinski definition) is 5. The molecular formula is C25H30FN5. The molecule has 1 atom stereocenters. The highest BCUT2D eigenvalue weighted by molar-refractivity contribution is 5.60. The summed E-state index contributed by atoms with van der Waals surface area (Å²) in [7, 11) is 0. The Morgan fingerprint density at radius 2 is 2.00 bits per heavy atom. The third-order valence-electron chi connectivity index (χ3n) is 5.81. The van der Waals surface area contributed by atoms with Crippen molar-refractivity contribution in [2.24, 2.45) is 0 Å². The van der Waals surface area contributed by atoms with E-state index in [9.17, 15) is 4.39 Å². The third-order valence-corrected chi connectivity index (χ3v) is 5.81. The summed E-state index contributed by atoms with van der Waals surface area (Å²) in [4.78, 5) is 11.6. The lowest BCUT2D eigenvalue weighted by atomic mass is 10.1. The molecule has 0 amide bonds. The Labute approximate surface area is 183 Å². The van der Waals surface area contributed by atoms with Crippen molar-refractivity contribution in [2.75, 3.05) is 31.5 Å². The summed E-state index contributed by atoms with van der Waals surface area (Å²) in [5, 5.41) is 6.72. The fourth-order valence-electron chi connectivity index (χ4n) is 4.13. The first kappa shape index (κ1) is 21.4. The lowest BCUT2D eigenvalue weighted by Crippen LogP contribution is -2.36. The second-order valence-corrected chi connectivity index (χ2v) is 7.98. The Bertz CT molecular complexity index is 987. The highest BCUT2D eigenvalue weighted by atomic mass is 19.1. The highest BCUT2D eigenvalue weighted by Crippen LogP contribution is 2.21. The van der Waals surface area contributed by atoms with Crippen LogP contribution in [0.1, 0.15) is 24.5 Å². The van der Waals surface area contributed by atoms with Crippen LogP contribution >= 0.6 is 0 Å². The van der Waals surface area contributed by atoms with E-state index >= 15 is 0 Å². The monoisotopic (exact) mass is 419 g/mol. The van der Waals surface area contributed by atoms with Gasteiger partial charge >= 0.3 is 0 Å². The Morgan fingerprint density at radius 1 is 1.13 bits per heavy atom. The van der Waals surface area contributed by atoms with Gasteiger partial charge in [-0.15, -0.1) is 0 Å². The van der Waals surface area contributed by atoms with Crippen molar-refractivity contribution in [3.05, 3.63) is 77.7 Å². The van der Waals surface area contributed by atoms with Crippen molar-refractivity contribution in [2.45, 2.75) is 32.4 Å². The fraction of sp³-hybridized carbons (Fsp3) is 0.360. The van der Waals surface area contributed by atoms with Gasteiger partial charge in [0.15, 0.2) is 0 Å². The zero-order valence-corrected chi connectivity index (χ0v) is 18.0. The SMILES string of the molecule is CCN(Cc1cccc(-c2ccnc(NCCc3cccc(F)c3)n2)c1)C1CCNC1. The van der Waals surface area contributed by atoms with E-state index in [0.29, 0.717) is 25.0 Å². The molecule has 5 nitrogen and oxygen atoms in total. The van der Waals surface area contributed by atoms with Crippen LogP contribution in [0, 0.1) is 5.82 Å². The summed E-state index contributed by atoms with van der Waals surface area (Å²) in [6, 6.07) is 17.8. The van der Waals surface area contributed by atoms with Crippen LogP contribution in [0.15, 0.2) is 60.8 Å². The molecule has 4 rings (SSSR count). The molecule has 1 fully saturated rings. The lowest BCUT2D eigenvalue weighted by molar-refractivity contribution is 0.210. The van der Waals surface area contributed by atoms with E-state index in [1.54, 1.807) is 18.3 Å². The van der Waals surface area contributed by atoms with Crippen molar-refractivity contribution in [1.82, 2.24) is 20.2 Å². The van der Waals surface area contributed by atoms with Crippen LogP contribution in [0.3, 0.4) is 0 Å². The molecule has 2 N–H and O–H groups in total. The molecule has 0 radical (unpaired) electrons. The minimum atomic E-state index is -0.207. The molecule has 1 aliphatic heterocycles. The predicted molar refractivity (Wildman–Crippen MR) is 123 cm³/mol. The molecule has 1 aromatic heterocycles. The molecule has 31 heavy (non-hydrogen) atoms. The van der Waals surface area contributed by atoms with Crippen LogP contribution in [0.5, 0.6) is 0 Å². The first-order chi connectivity index (χ1) is 15.2. The normalized spacial score (nSPS) is 16.0. The molecular weight excluding hydrogens is 389 g/mol. The van der Waals surface area contributed by atoms with Gasteiger partial charge in [-0.25, -0.2) is 14.4 Å². The highest BCUT2D eigenvalue weighted by Gasteiger charge is 2.21. The number of benzene rings is 2. The molecule has 1 aliphatic rings. The zero-order valence-electron chi connectivity index (χ0n) is 18.0. The standard InChI is InChI=1S/C25H30FN5/c1-2-31(23-10-12-27-17-23)18-20-6-3-7-21(15-20)24-11-14-29-25(30-24)28-13-9-19-5-4-8-22(26)16-19/h3-8,11,14-16,23,27H,2,9-10,12-13,17-18H2,1H3,(H,28,29,30). The Kier molecular flexibility index (Phi) is 7.22. The van der Waals surface area contributed by atoms with Gasteiger partial charge in [-0.2, -0.15) is 0 Å². The van der Waals surface area contributed by atoms with Gasteiger partial charge < -0.3 is 10.6 Å². The summed E-state index contributed by atoms with van der Waals surface area (Å²) in [6.07, 6.45) is 3.70. The number of nitrogens with zero attached hydrogens (tertiary/aromatic N) is 3. The fourth-order valence-corrected chi connectivity index (χ4v) is 4.13. The minimum absolute atomic E-state index is 0.207. The average molecular weight is 420 g/mol. The van der Waals surface area contributed by atoms with Gasteiger partial charge in [-0.3, -0.25) is 4.90 Å². The maximum Gasteiger partial charge on any atom is 0.223 e. The Balaban J connectivity index is 1.40. The Morgan fingerprint density at radius 3 is 2.81 bits per heavy atom. The first-order valence-electron chi connectivity index (χ1n) is 11.1. The van der Waals surface area contributed by atoms with Crippen molar-refractivity contribution in [3.8, 4) is 11.3 Å². The maximum atomic E-state index is 13.3. The predicted octanol–water partition coefficient (Wildman–Crippen LogP) is 4.12. The van der Waals surface area contributed by atoms with Crippen LogP contribution in [-0.4, -0.2) is 47.1 Å². The zero-order chi connectivity index (χ0) is 21.5. The van der Waals surface area contributed by atoms with Crippen LogP contribution in [-0.2, 0) is 13.0 Å². The van der Waals surface area contributed by atoms with Crippen LogP contribution in [0.4, 0.5) is 10.3 Å². The number of anilines is 1. The van der Waals surface area contributed by atoms with E-state index in [0.717, 1.165) is 43.0 Å². The average Bonchev–Trinajstić information content (AvgIpc) is 3.33. The van der Waals surface area contributed by atoms with Crippen LogP contribution < -0.4 is 10.6 Å². The van der Waals surface area contributed by atoms with Crippen LogP contribution in [0.25, 0.3) is 11.3 Å². The first-order valence-corrected chi connectivity index (χ1v) is 11.1. The summed E-state index contributed by atoms with van der Waals surface area (Å²) in [6.45, 7) is 7.05. The van der Waals surface area contributed by atoms with Gasteiger partial charge in [0.25, 0.3) is 0 Å². The lowest BCUT2D eigenvalue weighted by Gasteiger charge is -2.27. The van der Waals surface area contributed by atoms with E-state index in [1.807, 2.05) is 12.1 Å². The summed E-state index contributed by atoms with van der Waals surface area (Å²) < 4.78 is 13.3. The third kappa shape index (κ3) is 5.87. The molecule has 3 aromatic rings. The molecule has 2 heterocycles. The van der Waals surface area contributed by atoms with Crippen molar-refractivity contribution in [3.63, 3.8) is 0 Å². The minimum Gasteiger partial charge on any atom is -0.354 e. The van der Waals surface area contributed by atoms with E-state index < -0.39 is 0 Å². The van der Waals surface area contributed by atoms with E-state index in [4.69, 9.17) is 0 Å². The molecule has 162 valence electrons. The summed E-state index contributed by atoms with van der Waals surface area (Å²) >= 11 is 0. The molecule has 0 bridgehead atoms. The molecule has 6 heteroatoms. The molecule has 0 spiro atoms. The van der Waals surface area contributed by atoms with Crippen LogP contribution in [0.2, 0.25) is 0 Å². The number of nitrogens with one attached hydrogen (secondary N) is 2. The summed E-state index contributed by atoms with van der Waals surface area (Å²) in [5.74, 6) is 0.382. The van der Waals surface area contributed by atoms with E-state index in [2.05, 4.69) is 56.7 Å². The van der Waals surface area contributed by atoms with Gasteiger partial charge in [-0.05, 0) is 61.3 Å². The largest absolute Gasteiger partial charge is 0.354 e. The number of hydrogen-bond donors (Lipinski definition) is 2. The second-order valence-electron chi connectivity index (χ2n) is 7.98. The molecule has 0 saturated carbocycles. The topological polar surface area (TPSA) is 53.1 Å². The number of aromatic nitrogens is 2. The number of halogens is 1. The van der Waals surface area contributed by atoms with E-state index in [-0.39, 0.29) is 5.82 Å². The van der Waals surface area contributed by atoms with Gasteiger partial charge in [-0.1, -0.05) is 37.3 Å². The maximum absolute atomic E-state index is 13.3. The van der Waals surface area contributed by atoms with Gasteiger partial charge in [0.05, 0.1) is 5.69 Å². The number of rotatable bonds is 9. The molecule has 1 unspecified atom stereocenters. The molecule has 0 aliphatic carbocycles. The Hall–Kier alpha value is -2.83. The van der Waals surface area contributed by atoms with Gasteiger partial charge in [0, 0.05) is 37.4 Å². The quantitative estimate of drug-likeness (QED) is 0.546. The molecule has 2 aromatic carbocycles. The summed E-state index contributed by atoms with van der Waals surface area (Å²) in [5.41, 5.74) is 4.24. The second kappa shape index (κ2) is 10.5. The van der Waals surface area contributed by atoms with Crippen molar-refractivity contribution >= 4 is 5.95 Å². The van der Waals surface area contributed by atoms with Gasteiger partial charge in [0.2, 0.25) is 5.95 Å². The van der Waals surface area contributed by atoms with Gasteiger partial charge in [0.1, 0.15) is 5.82 Å². The molecule has 1 saturated heterocycles. The van der Waals surface area contributed by atoms with Crippen molar-refractivity contribution < 1.29 is 4.39 Å². The smallest absolute Gasteiger partial charge is 0.223 e. The van der Waals surface area contributed by atoms with Crippen molar-refractivity contribution in [1.29, 1.82) is 0 Å². The number of likely N-dealkylation sites (N-methyl/N-ethyl adjacent to an activating group) is 1.